The summed E-state index contributed by atoms with van der Waals surface area (Å²) in [4.78, 5) is 24.4. The average molecular weight is 526 g/mol. The lowest BCUT2D eigenvalue weighted by Crippen LogP contribution is -2.60. The van der Waals surface area contributed by atoms with Gasteiger partial charge in [-0.3, -0.25) is 4.79 Å². The van der Waals surface area contributed by atoms with Gasteiger partial charge in [0.1, 0.15) is 24.4 Å². The van der Waals surface area contributed by atoms with Gasteiger partial charge in [0.2, 0.25) is 6.29 Å². The summed E-state index contributed by atoms with van der Waals surface area (Å²) in [5, 5.41) is 68.1. The molecule has 0 spiro atoms. The van der Waals surface area contributed by atoms with Gasteiger partial charge in [-0.05, 0) is 24.6 Å². The number of carbonyl (C=O) groups excluding carboxylic acids is 1. The van der Waals surface area contributed by atoms with Gasteiger partial charge in [0.15, 0.2) is 17.8 Å². The predicted molar refractivity (Wildman–Crippen MR) is 122 cm³/mol. The molecule has 7 N–H and O–H groups in total. The van der Waals surface area contributed by atoms with Crippen molar-refractivity contribution in [1.82, 2.24) is 0 Å². The van der Waals surface area contributed by atoms with E-state index in [1.165, 1.54) is 18.2 Å². The number of aliphatic hydroxyl groups is 4. The number of hydrogen-bond acceptors (Lipinski definition) is 12. The molecule has 2 aliphatic heterocycles. The summed E-state index contributed by atoms with van der Waals surface area (Å²) in [6.07, 6.45) is -6.90. The molecule has 13 heteroatoms. The molecule has 3 rings (SSSR count). The zero-order chi connectivity index (χ0) is 27.3. The molecule has 37 heavy (non-hydrogen) atoms. The van der Waals surface area contributed by atoms with Gasteiger partial charge >= 0.3 is 11.9 Å². The van der Waals surface area contributed by atoms with Crippen LogP contribution in [0.25, 0.3) is 0 Å². The van der Waals surface area contributed by atoms with Crippen molar-refractivity contribution in [2.24, 2.45) is 5.92 Å². The summed E-state index contributed by atoms with van der Waals surface area (Å²) in [5.74, 6) is -3.70. The lowest BCUT2D eigenvalue weighted by molar-refractivity contribution is -0.327. The number of carboxylic acids is 1. The number of benzene rings is 1. The van der Waals surface area contributed by atoms with Crippen LogP contribution >= 0.6 is 0 Å². The first-order chi connectivity index (χ1) is 17.6. The highest BCUT2D eigenvalue weighted by atomic mass is 16.8. The van der Waals surface area contributed by atoms with Crippen LogP contribution in [-0.4, -0.2) is 97.9 Å². The fraction of sp³-hybridized carbons (Fsp3) is 0.500. The Morgan fingerprint density at radius 2 is 1.81 bits per heavy atom. The number of allylic oxidation sites excluding steroid dienone is 1. The molecular formula is C24H30O13. The van der Waals surface area contributed by atoms with E-state index in [0.29, 0.717) is 5.56 Å². The summed E-state index contributed by atoms with van der Waals surface area (Å²) in [6, 6.07) is 4.17. The van der Waals surface area contributed by atoms with E-state index in [0.717, 1.165) is 6.26 Å². The van der Waals surface area contributed by atoms with Gasteiger partial charge in [0, 0.05) is 17.9 Å². The molecule has 1 aromatic carbocycles. The van der Waals surface area contributed by atoms with Gasteiger partial charge in [-0.25, -0.2) is 4.79 Å². The maximum atomic E-state index is 12.6. The number of phenolic OH excluding ortho intramolecular Hbond substituents is 2. The summed E-state index contributed by atoms with van der Waals surface area (Å²) in [5.41, 5.74) is 0.557. The fourth-order valence-electron chi connectivity index (χ4n) is 4.05. The highest BCUT2D eigenvalue weighted by Crippen LogP contribution is 2.36. The van der Waals surface area contributed by atoms with E-state index in [4.69, 9.17) is 18.9 Å². The van der Waals surface area contributed by atoms with Gasteiger partial charge in [0.05, 0.1) is 31.5 Å². The van der Waals surface area contributed by atoms with Gasteiger partial charge in [-0.1, -0.05) is 12.1 Å². The van der Waals surface area contributed by atoms with Crippen LogP contribution < -0.4 is 0 Å². The molecule has 2 aliphatic rings. The first kappa shape index (κ1) is 28.4. The predicted octanol–water partition coefficient (Wildman–Crippen LogP) is -0.723. The summed E-state index contributed by atoms with van der Waals surface area (Å²) in [6.45, 7) is 0.811. The molecule has 0 bridgehead atoms. The number of carboxylic acid groups (broad SMARTS) is 1. The molecule has 2 unspecified atom stereocenters. The average Bonchev–Trinajstić information content (AvgIpc) is 2.86. The molecule has 1 aromatic rings. The number of phenols is 2. The van der Waals surface area contributed by atoms with Crippen LogP contribution in [0, 0.1) is 5.92 Å². The monoisotopic (exact) mass is 526 g/mol. The van der Waals surface area contributed by atoms with Crippen molar-refractivity contribution >= 4 is 11.9 Å². The Kier molecular flexibility index (Phi) is 9.48. The van der Waals surface area contributed by atoms with Crippen LogP contribution in [0.4, 0.5) is 0 Å². The Balaban J connectivity index is 1.68. The zero-order valence-electron chi connectivity index (χ0n) is 19.8. The zero-order valence-corrected chi connectivity index (χ0v) is 19.8. The van der Waals surface area contributed by atoms with Crippen molar-refractivity contribution < 1.29 is 64.3 Å². The number of esters is 1. The molecule has 13 nitrogen and oxygen atoms in total. The largest absolute Gasteiger partial charge is 0.504 e. The maximum Gasteiger partial charge on any atom is 0.335 e. The Bertz CT molecular complexity index is 1030. The van der Waals surface area contributed by atoms with Gasteiger partial charge in [0.25, 0.3) is 0 Å². The number of rotatable bonds is 9. The normalized spacial score (nSPS) is 30.9. The Morgan fingerprint density at radius 1 is 1.08 bits per heavy atom. The Hall–Kier alpha value is -3.20. The molecule has 0 saturated carbocycles. The molecule has 0 amide bonds. The van der Waals surface area contributed by atoms with Crippen LogP contribution in [0.15, 0.2) is 41.7 Å². The van der Waals surface area contributed by atoms with Gasteiger partial charge in [-0.15, -0.1) is 0 Å². The van der Waals surface area contributed by atoms with E-state index >= 15 is 0 Å². The van der Waals surface area contributed by atoms with Crippen molar-refractivity contribution in [3.63, 3.8) is 0 Å². The molecule has 0 aromatic heterocycles. The van der Waals surface area contributed by atoms with Crippen LogP contribution in [0.3, 0.4) is 0 Å². The minimum absolute atomic E-state index is 0.0750. The number of ether oxygens (including phenoxy) is 4. The van der Waals surface area contributed by atoms with E-state index < -0.39 is 67.9 Å². The molecule has 1 fully saturated rings. The van der Waals surface area contributed by atoms with E-state index in [-0.39, 0.29) is 35.7 Å². The van der Waals surface area contributed by atoms with Crippen molar-refractivity contribution in [3.8, 4) is 11.5 Å². The molecule has 7 atom stereocenters. The number of aliphatic hydroxyl groups excluding tert-OH is 4. The molecular weight excluding hydrogens is 496 g/mol. The summed E-state index contributed by atoms with van der Waals surface area (Å²) < 4.78 is 21.6. The number of carbonyl (C=O) groups is 2. The smallest absolute Gasteiger partial charge is 0.335 e. The van der Waals surface area contributed by atoms with Crippen molar-refractivity contribution in [2.75, 3.05) is 13.2 Å². The van der Waals surface area contributed by atoms with E-state index in [9.17, 15) is 45.3 Å². The van der Waals surface area contributed by atoms with Crippen LogP contribution in [-0.2, 0) is 35.0 Å². The van der Waals surface area contributed by atoms with Crippen LogP contribution in [0.5, 0.6) is 11.5 Å². The third-order valence-electron chi connectivity index (χ3n) is 6.12. The fourth-order valence-corrected chi connectivity index (χ4v) is 4.05. The summed E-state index contributed by atoms with van der Waals surface area (Å²) in [7, 11) is 0. The minimum Gasteiger partial charge on any atom is -0.504 e. The molecule has 0 aliphatic carbocycles. The van der Waals surface area contributed by atoms with Crippen molar-refractivity contribution in [1.29, 1.82) is 0 Å². The number of aromatic hydroxyl groups is 2. The second-order valence-corrected chi connectivity index (χ2v) is 8.52. The molecule has 0 radical (unpaired) electrons. The third kappa shape index (κ3) is 6.57. The quantitative estimate of drug-likeness (QED) is 0.120. The van der Waals surface area contributed by atoms with Gasteiger partial charge < -0.3 is 54.7 Å². The van der Waals surface area contributed by atoms with Crippen molar-refractivity contribution in [2.45, 2.75) is 56.8 Å². The number of aliphatic carboxylic acids is 1. The topological polar surface area (TPSA) is 213 Å². The maximum absolute atomic E-state index is 12.6. The lowest BCUT2D eigenvalue weighted by atomic mass is 9.86. The first-order valence-corrected chi connectivity index (χ1v) is 11.4. The van der Waals surface area contributed by atoms with Crippen molar-refractivity contribution in [3.05, 3.63) is 47.2 Å². The minimum atomic E-state index is -1.72. The second kappa shape index (κ2) is 12.4. The Morgan fingerprint density at radius 3 is 2.43 bits per heavy atom. The van der Waals surface area contributed by atoms with E-state index in [1.807, 2.05) is 0 Å². The van der Waals surface area contributed by atoms with E-state index in [1.54, 1.807) is 13.0 Å². The molecule has 204 valence electrons. The highest BCUT2D eigenvalue weighted by molar-refractivity contribution is 5.89. The molecule has 2 heterocycles. The first-order valence-electron chi connectivity index (χ1n) is 11.4. The SMILES string of the molecule is C/C=C1\C(O[C@@H]2O[C@H](CO)[C@@H](O)[C@H](O)[C@H]2O)OC=C(C(=O)O)C1CC(=O)OCCc1ccc(O)c(O)c1. The highest BCUT2D eigenvalue weighted by Gasteiger charge is 2.46. The third-order valence-corrected chi connectivity index (χ3v) is 6.12. The van der Waals surface area contributed by atoms with Gasteiger partial charge in [-0.2, -0.15) is 0 Å². The van der Waals surface area contributed by atoms with E-state index in [2.05, 4.69) is 0 Å². The Labute approximate surface area is 211 Å². The summed E-state index contributed by atoms with van der Waals surface area (Å²) >= 11 is 0. The lowest BCUT2D eigenvalue weighted by Gasteiger charge is -2.41. The number of hydrogen-bond donors (Lipinski definition) is 7. The molecule has 1 saturated heterocycles. The second-order valence-electron chi connectivity index (χ2n) is 8.52. The van der Waals surface area contributed by atoms with Crippen LogP contribution in [0.2, 0.25) is 0 Å². The standard InChI is InChI=1S/C24H30O13/c1-2-12-13(8-18(28)34-6-5-11-3-4-15(26)16(27)7-11)14(22(32)33)10-35-23(12)37-24-21(31)20(30)19(29)17(9-25)36-24/h2-4,7,10,13,17,19-21,23-27,29-31H,5-6,8-9H2,1H3,(H,32,33)/b12-2-/t13?,17-,19-,20+,21-,23?,24+/m1/s1. The van der Waals surface area contributed by atoms with Crippen LogP contribution in [0.1, 0.15) is 18.9 Å².